The van der Waals surface area contributed by atoms with Crippen LogP contribution < -0.4 is 5.32 Å². The number of carbonyl (C=O) groups excluding carboxylic acids is 1. The highest BCUT2D eigenvalue weighted by atomic mass is 16.4. The molecule has 3 aromatic rings. The summed E-state index contributed by atoms with van der Waals surface area (Å²) in [6.07, 6.45) is -0.109. The van der Waals surface area contributed by atoms with Crippen molar-refractivity contribution in [2.24, 2.45) is 0 Å². The van der Waals surface area contributed by atoms with E-state index in [-0.39, 0.29) is 12.3 Å². The normalized spacial score (nSPS) is 11.8. The molecule has 3 rings (SSSR count). The minimum absolute atomic E-state index is 0.109. The van der Waals surface area contributed by atoms with E-state index >= 15 is 0 Å². The van der Waals surface area contributed by atoms with Crippen molar-refractivity contribution in [3.05, 3.63) is 78.4 Å². The van der Waals surface area contributed by atoms with Crippen LogP contribution in [0.5, 0.6) is 0 Å². The van der Waals surface area contributed by atoms with Gasteiger partial charge in [-0.05, 0) is 17.0 Å². The van der Waals surface area contributed by atoms with Crippen molar-refractivity contribution in [1.29, 1.82) is 0 Å². The zero-order valence-electron chi connectivity index (χ0n) is 13.0. The van der Waals surface area contributed by atoms with Crippen molar-refractivity contribution in [1.82, 2.24) is 0 Å². The summed E-state index contributed by atoms with van der Waals surface area (Å²) < 4.78 is 0. The Morgan fingerprint density at radius 2 is 1.54 bits per heavy atom. The second-order valence-corrected chi connectivity index (χ2v) is 5.58. The Kier molecular flexibility index (Phi) is 4.57. The molecule has 0 aliphatic heterocycles. The molecule has 0 saturated carbocycles. The van der Waals surface area contributed by atoms with Gasteiger partial charge in [-0.3, -0.25) is 9.59 Å². The van der Waals surface area contributed by atoms with Gasteiger partial charge < -0.3 is 10.4 Å². The lowest BCUT2D eigenvalue weighted by atomic mass is 9.95. The molecule has 3 aromatic carbocycles. The molecule has 0 spiro atoms. The zero-order valence-corrected chi connectivity index (χ0v) is 13.0. The van der Waals surface area contributed by atoms with E-state index < -0.39 is 11.9 Å². The lowest BCUT2D eigenvalue weighted by Crippen LogP contribution is -2.21. The molecule has 1 atom stereocenters. The molecule has 4 nitrogen and oxygen atoms in total. The molecule has 24 heavy (non-hydrogen) atoms. The number of fused-ring (bicyclic) bond motifs is 1. The largest absolute Gasteiger partial charge is 0.481 e. The Morgan fingerprint density at radius 3 is 2.29 bits per heavy atom. The van der Waals surface area contributed by atoms with Crippen LogP contribution in [0, 0.1) is 0 Å². The maximum atomic E-state index is 12.4. The van der Waals surface area contributed by atoms with Crippen molar-refractivity contribution in [3.63, 3.8) is 0 Å². The van der Waals surface area contributed by atoms with Crippen LogP contribution >= 0.6 is 0 Å². The molecule has 0 aliphatic rings. The first kappa shape index (κ1) is 15.7. The van der Waals surface area contributed by atoms with Gasteiger partial charge in [0.15, 0.2) is 0 Å². The maximum Gasteiger partial charge on any atom is 0.311 e. The van der Waals surface area contributed by atoms with E-state index in [0.717, 1.165) is 10.8 Å². The molecule has 0 heterocycles. The van der Waals surface area contributed by atoms with E-state index in [1.54, 1.807) is 24.3 Å². The second-order valence-electron chi connectivity index (χ2n) is 5.58. The number of aliphatic carboxylic acids is 1. The monoisotopic (exact) mass is 319 g/mol. The summed E-state index contributed by atoms with van der Waals surface area (Å²) in [6.45, 7) is 0. The average molecular weight is 319 g/mol. The van der Waals surface area contributed by atoms with Gasteiger partial charge >= 0.3 is 5.97 Å². The summed E-state index contributed by atoms with van der Waals surface area (Å²) in [5.41, 5.74) is 1.31. The molecule has 0 aliphatic carbocycles. The van der Waals surface area contributed by atoms with Gasteiger partial charge in [0.05, 0.1) is 5.92 Å². The van der Waals surface area contributed by atoms with Crippen LogP contribution in [-0.4, -0.2) is 17.0 Å². The summed E-state index contributed by atoms with van der Waals surface area (Å²) in [6, 6.07) is 22.2. The first-order valence-electron chi connectivity index (χ1n) is 7.70. The fraction of sp³-hybridized carbons (Fsp3) is 0.100. The highest BCUT2D eigenvalue weighted by Crippen LogP contribution is 2.25. The van der Waals surface area contributed by atoms with Crippen molar-refractivity contribution in [2.75, 3.05) is 5.32 Å². The number of carboxylic acids is 1. The molecule has 0 aromatic heterocycles. The smallest absolute Gasteiger partial charge is 0.311 e. The number of amides is 1. The van der Waals surface area contributed by atoms with Crippen LogP contribution in [0.4, 0.5) is 5.69 Å². The third kappa shape index (κ3) is 3.43. The van der Waals surface area contributed by atoms with E-state index in [1.165, 1.54) is 0 Å². The van der Waals surface area contributed by atoms with Crippen LogP contribution in [0.15, 0.2) is 72.8 Å². The number of rotatable bonds is 5. The van der Waals surface area contributed by atoms with Gasteiger partial charge in [-0.25, -0.2) is 0 Å². The predicted molar refractivity (Wildman–Crippen MR) is 94.0 cm³/mol. The number of carbonyl (C=O) groups is 2. The molecule has 120 valence electrons. The zero-order chi connectivity index (χ0) is 16.9. The molecule has 2 N–H and O–H groups in total. The topological polar surface area (TPSA) is 66.4 Å². The molecule has 0 saturated heterocycles. The van der Waals surface area contributed by atoms with E-state index in [0.29, 0.717) is 11.3 Å². The molecule has 0 unspecified atom stereocenters. The first-order chi connectivity index (χ1) is 11.6. The molecular formula is C20H17NO3. The molecule has 0 radical (unpaired) electrons. The van der Waals surface area contributed by atoms with Gasteiger partial charge in [-0.2, -0.15) is 0 Å². The van der Waals surface area contributed by atoms with Gasteiger partial charge in [0.1, 0.15) is 0 Å². The molecular weight excluding hydrogens is 302 g/mol. The quantitative estimate of drug-likeness (QED) is 0.746. The highest BCUT2D eigenvalue weighted by molar-refractivity contribution is 6.03. The third-order valence-electron chi connectivity index (χ3n) is 3.95. The fourth-order valence-corrected chi connectivity index (χ4v) is 2.75. The Balaban J connectivity index is 1.80. The van der Waals surface area contributed by atoms with Crippen LogP contribution in [0.1, 0.15) is 17.9 Å². The second kappa shape index (κ2) is 6.96. The Bertz CT molecular complexity index is 869. The van der Waals surface area contributed by atoms with Crippen molar-refractivity contribution < 1.29 is 14.7 Å². The van der Waals surface area contributed by atoms with Crippen molar-refractivity contribution >= 4 is 28.3 Å². The first-order valence-corrected chi connectivity index (χ1v) is 7.70. The minimum Gasteiger partial charge on any atom is -0.481 e. The van der Waals surface area contributed by atoms with Crippen molar-refractivity contribution in [2.45, 2.75) is 12.3 Å². The third-order valence-corrected chi connectivity index (χ3v) is 3.95. The molecule has 0 fully saturated rings. The number of carboxylic acid groups (broad SMARTS) is 1. The Morgan fingerprint density at radius 1 is 0.875 bits per heavy atom. The van der Waals surface area contributed by atoms with Gasteiger partial charge in [-0.1, -0.05) is 66.7 Å². The summed E-state index contributed by atoms with van der Waals surface area (Å²) in [7, 11) is 0. The fourth-order valence-electron chi connectivity index (χ4n) is 2.75. The van der Waals surface area contributed by atoms with Gasteiger partial charge in [0.25, 0.3) is 0 Å². The number of benzene rings is 3. The van der Waals surface area contributed by atoms with Gasteiger partial charge in [-0.15, -0.1) is 0 Å². The summed E-state index contributed by atoms with van der Waals surface area (Å²) in [4.78, 5) is 23.9. The van der Waals surface area contributed by atoms with Gasteiger partial charge in [0.2, 0.25) is 5.91 Å². The molecule has 0 bridgehead atoms. The van der Waals surface area contributed by atoms with Crippen LogP contribution in [0.3, 0.4) is 0 Å². The number of anilines is 1. The Hall–Kier alpha value is -3.14. The SMILES string of the molecule is O=C(C[C@@H](C(=O)O)c1ccccc1)Nc1cccc2ccccc12. The standard InChI is InChI=1S/C20H17NO3/c22-19(13-17(20(23)24)15-7-2-1-3-8-15)21-18-12-6-10-14-9-4-5-11-16(14)18/h1-12,17H,13H2,(H,21,22)(H,23,24)/t17-/m1/s1. The van der Waals surface area contributed by atoms with E-state index in [1.807, 2.05) is 48.5 Å². The summed E-state index contributed by atoms with van der Waals surface area (Å²) in [5.74, 6) is -2.18. The van der Waals surface area contributed by atoms with Crippen LogP contribution in [0.25, 0.3) is 10.8 Å². The molecule has 1 amide bonds. The summed E-state index contributed by atoms with van der Waals surface area (Å²) >= 11 is 0. The van der Waals surface area contributed by atoms with E-state index in [4.69, 9.17) is 0 Å². The number of nitrogens with one attached hydrogen (secondary N) is 1. The average Bonchev–Trinajstić information content (AvgIpc) is 2.60. The number of hydrogen-bond donors (Lipinski definition) is 2. The lowest BCUT2D eigenvalue weighted by Gasteiger charge is -2.14. The van der Waals surface area contributed by atoms with Crippen LogP contribution in [-0.2, 0) is 9.59 Å². The van der Waals surface area contributed by atoms with E-state index in [2.05, 4.69) is 5.32 Å². The number of hydrogen-bond acceptors (Lipinski definition) is 2. The highest BCUT2D eigenvalue weighted by Gasteiger charge is 2.23. The lowest BCUT2D eigenvalue weighted by molar-refractivity contribution is -0.140. The summed E-state index contributed by atoms with van der Waals surface area (Å²) in [5, 5.41) is 14.2. The minimum atomic E-state index is -1.01. The van der Waals surface area contributed by atoms with Crippen LogP contribution in [0.2, 0.25) is 0 Å². The van der Waals surface area contributed by atoms with Gasteiger partial charge in [0, 0.05) is 17.5 Å². The molecule has 4 heteroatoms. The predicted octanol–water partition coefficient (Wildman–Crippen LogP) is 4.04. The maximum absolute atomic E-state index is 12.4. The Labute approximate surface area is 139 Å². The van der Waals surface area contributed by atoms with E-state index in [9.17, 15) is 14.7 Å². The van der Waals surface area contributed by atoms with Crippen molar-refractivity contribution in [3.8, 4) is 0 Å².